The van der Waals surface area contributed by atoms with Gasteiger partial charge in [-0.05, 0) is 50.5 Å². The topological polar surface area (TPSA) is 55.3 Å². The molecule has 0 spiro atoms. The molecule has 3 rings (SSSR count). The predicted molar refractivity (Wildman–Crippen MR) is 121 cm³/mol. The second-order valence-corrected chi connectivity index (χ2v) is 8.23. The molecule has 168 valence electrons. The van der Waals surface area contributed by atoms with Crippen molar-refractivity contribution < 1.29 is 14.2 Å². The molecular formula is C24H39N3O3. The molecule has 2 aliphatic rings. The highest BCUT2D eigenvalue weighted by Gasteiger charge is 2.23. The van der Waals surface area contributed by atoms with Crippen LogP contribution in [0.15, 0.2) is 35.3 Å². The lowest BCUT2D eigenvalue weighted by molar-refractivity contribution is -0.0721. The van der Waals surface area contributed by atoms with Gasteiger partial charge >= 0.3 is 0 Å². The van der Waals surface area contributed by atoms with Gasteiger partial charge in [0.15, 0.2) is 5.96 Å². The maximum Gasteiger partial charge on any atom is 0.193 e. The minimum absolute atomic E-state index is 0.308. The van der Waals surface area contributed by atoms with Crippen molar-refractivity contribution in [2.45, 2.75) is 63.8 Å². The summed E-state index contributed by atoms with van der Waals surface area (Å²) in [5, 5.41) is 3.51. The zero-order valence-electron chi connectivity index (χ0n) is 18.6. The molecule has 1 atom stereocenters. The fraction of sp³-hybridized carbons (Fsp3) is 0.708. The minimum Gasteiger partial charge on any atom is -0.377 e. The predicted octanol–water partition coefficient (Wildman–Crippen LogP) is 3.61. The highest BCUT2D eigenvalue weighted by molar-refractivity contribution is 5.79. The van der Waals surface area contributed by atoms with E-state index in [9.17, 15) is 0 Å². The van der Waals surface area contributed by atoms with Crippen molar-refractivity contribution in [2.24, 2.45) is 4.99 Å². The van der Waals surface area contributed by atoms with Gasteiger partial charge in [0.2, 0.25) is 0 Å². The van der Waals surface area contributed by atoms with Crippen LogP contribution in [0.4, 0.5) is 0 Å². The first kappa shape index (κ1) is 23.0. The number of guanidine groups is 1. The van der Waals surface area contributed by atoms with Gasteiger partial charge in [-0.15, -0.1) is 0 Å². The Kier molecular flexibility index (Phi) is 10.5. The lowest BCUT2D eigenvalue weighted by atomic mass is 10.1. The van der Waals surface area contributed by atoms with Gasteiger partial charge in [0.25, 0.3) is 0 Å². The Bertz CT molecular complexity index is 597. The number of hydrogen-bond donors (Lipinski definition) is 1. The van der Waals surface area contributed by atoms with E-state index in [0.717, 1.165) is 77.5 Å². The zero-order valence-corrected chi connectivity index (χ0v) is 18.6. The van der Waals surface area contributed by atoms with Gasteiger partial charge in [-0.3, -0.25) is 4.99 Å². The molecule has 0 aliphatic carbocycles. The molecule has 1 unspecified atom stereocenters. The van der Waals surface area contributed by atoms with E-state index in [-0.39, 0.29) is 0 Å². The molecule has 2 aliphatic heterocycles. The van der Waals surface area contributed by atoms with Crippen LogP contribution < -0.4 is 5.32 Å². The molecule has 0 amide bonds. The van der Waals surface area contributed by atoms with Crippen LogP contribution in [-0.4, -0.2) is 69.6 Å². The summed E-state index contributed by atoms with van der Waals surface area (Å²) in [6.45, 7) is 6.06. The van der Waals surface area contributed by atoms with Gasteiger partial charge in [0.05, 0.1) is 25.4 Å². The summed E-state index contributed by atoms with van der Waals surface area (Å²) in [6.07, 6.45) is 8.52. The van der Waals surface area contributed by atoms with Crippen molar-refractivity contribution in [3.8, 4) is 0 Å². The van der Waals surface area contributed by atoms with E-state index in [1.165, 1.54) is 18.4 Å². The number of piperidine rings is 1. The summed E-state index contributed by atoms with van der Waals surface area (Å²) >= 11 is 0. The fourth-order valence-electron chi connectivity index (χ4n) is 4.04. The highest BCUT2D eigenvalue weighted by atomic mass is 16.5. The smallest absolute Gasteiger partial charge is 0.193 e. The molecule has 1 aromatic carbocycles. The van der Waals surface area contributed by atoms with E-state index in [2.05, 4.69) is 27.3 Å². The van der Waals surface area contributed by atoms with Crippen molar-refractivity contribution >= 4 is 5.96 Å². The van der Waals surface area contributed by atoms with Crippen LogP contribution in [-0.2, 0) is 20.8 Å². The first-order chi connectivity index (χ1) is 14.8. The highest BCUT2D eigenvalue weighted by Crippen LogP contribution is 2.18. The van der Waals surface area contributed by atoms with Crippen molar-refractivity contribution in [3.05, 3.63) is 35.9 Å². The Morgan fingerprint density at radius 1 is 1.13 bits per heavy atom. The summed E-state index contributed by atoms with van der Waals surface area (Å²) in [5.41, 5.74) is 1.23. The molecule has 1 aromatic rings. The number of nitrogens with one attached hydrogen (secondary N) is 1. The van der Waals surface area contributed by atoms with Crippen LogP contribution in [0.2, 0.25) is 0 Å². The Morgan fingerprint density at radius 3 is 2.70 bits per heavy atom. The third kappa shape index (κ3) is 8.25. The summed E-state index contributed by atoms with van der Waals surface area (Å²) in [4.78, 5) is 6.82. The lowest BCUT2D eigenvalue weighted by Crippen LogP contribution is -2.47. The quantitative estimate of drug-likeness (QED) is 0.358. The second kappa shape index (κ2) is 13.6. The Balaban J connectivity index is 1.22. The molecular weight excluding hydrogens is 378 g/mol. The molecule has 6 heteroatoms. The SMILES string of the molecule is CN=C(NCCCCOCc1ccccc1)N1CCC(OCC2CCCCO2)CC1. The zero-order chi connectivity index (χ0) is 20.9. The van der Waals surface area contributed by atoms with E-state index in [0.29, 0.717) is 18.8 Å². The number of benzene rings is 1. The molecule has 0 radical (unpaired) electrons. The van der Waals surface area contributed by atoms with Crippen LogP contribution in [0.25, 0.3) is 0 Å². The third-order valence-corrected chi connectivity index (χ3v) is 5.86. The first-order valence-electron chi connectivity index (χ1n) is 11.7. The van der Waals surface area contributed by atoms with Crippen molar-refractivity contribution in [2.75, 3.05) is 46.5 Å². The maximum absolute atomic E-state index is 6.13. The van der Waals surface area contributed by atoms with E-state index in [1.807, 2.05) is 25.2 Å². The fourth-order valence-corrected chi connectivity index (χ4v) is 4.04. The van der Waals surface area contributed by atoms with Gasteiger partial charge in [0.1, 0.15) is 0 Å². The molecule has 2 fully saturated rings. The van der Waals surface area contributed by atoms with Gasteiger partial charge < -0.3 is 24.4 Å². The van der Waals surface area contributed by atoms with Crippen LogP contribution in [0.3, 0.4) is 0 Å². The molecule has 2 saturated heterocycles. The van der Waals surface area contributed by atoms with Crippen LogP contribution >= 0.6 is 0 Å². The number of aliphatic imine (C=N–C) groups is 1. The summed E-state index contributed by atoms with van der Waals surface area (Å²) in [7, 11) is 1.87. The second-order valence-electron chi connectivity index (χ2n) is 8.23. The number of likely N-dealkylation sites (tertiary alicyclic amines) is 1. The number of nitrogens with zero attached hydrogens (tertiary/aromatic N) is 2. The summed E-state index contributed by atoms with van der Waals surface area (Å²) in [6, 6.07) is 10.3. The molecule has 0 bridgehead atoms. The third-order valence-electron chi connectivity index (χ3n) is 5.86. The Labute approximate surface area is 182 Å². The van der Waals surface area contributed by atoms with Crippen molar-refractivity contribution in [3.63, 3.8) is 0 Å². The average molecular weight is 418 g/mol. The molecule has 0 saturated carbocycles. The molecule has 2 heterocycles. The minimum atomic E-state index is 0.308. The van der Waals surface area contributed by atoms with Crippen LogP contribution in [0.1, 0.15) is 50.5 Å². The van der Waals surface area contributed by atoms with Crippen molar-refractivity contribution in [1.82, 2.24) is 10.2 Å². The normalized spacial score (nSPS) is 21.0. The first-order valence-corrected chi connectivity index (χ1v) is 11.7. The van der Waals surface area contributed by atoms with Gasteiger partial charge in [0, 0.05) is 39.9 Å². The maximum atomic E-state index is 6.13. The summed E-state index contributed by atoms with van der Waals surface area (Å²) in [5.74, 6) is 1.01. The Morgan fingerprint density at radius 2 is 1.97 bits per heavy atom. The number of hydrogen-bond acceptors (Lipinski definition) is 4. The summed E-state index contributed by atoms with van der Waals surface area (Å²) < 4.78 is 17.7. The largest absolute Gasteiger partial charge is 0.377 e. The molecule has 0 aromatic heterocycles. The van der Waals surface area contributed by atoms with Crippen LogP contribution in [0, 0.1) is 0 Å². The lowest BCUT2D eigenvalue weighted by Gasteiger charge is -2.35. The van der Waals surface area contributed by atoms with E-state index in [1.54, 1.807) is 0 Å². The number of ether oxygens (including phenoxy) is 3. The monoisotopic (exact) mass is 417 g/mol. The van der Waals surface area contributed by atoms with Gasteiger partial charge in [-0.2, -0.15) is 0 Å². The van der Waals surface area contributed by atoms with Gasteiger partial charge in [-0.1, -0.05) is 30.3 Å². The van der Waals surface area contributed by atoms with E-state index >= 15 is 0 Å². The van der Waals surface area contributed by atoms with E-state index < -0.39 is 0 Å². The van der Waals surface area contributed by atoms with Crippen LogP contribution in [0.5, 0.6) is 0 Å². The van der Waals surface area contributed by atoms with Gasteiger partial charge in [-0.25, -0.2) is 0 Å². The standard InChI is InChI=1S/C24H39N3O3/c1-25-24(26-14-6-8-17-28-19-21-9-3-2-4-10-21)27-15-12-22(13-16-27)30-20-23-11-5-7-18-29-23/h2-4,9-10,22-23H,5-8,11-20H2,1H3,(H,25,26). The number of unbranched alkanes of at least 4 members (excludes halogenated alkanes) is 1. The van der Waals surface area contributed by atoms with Crippen molar-refractivity contribution in [1.29, 1.82) is 0 Å². The number of rotatable bonds is 10. The molecule has 6 nitrogen and oxygen atoms in total. The molecule has 1 N–H and O–H groups in total. The molecule has 30 heavy (non-hydrogen) atoms. The Hall–Kier alpha value is -1.63. The van der Waals surface area contributed by atoms with E-state index in [4.69, 9.17) is 14.2 Å². The average Bonchev–Trinajstić information content (AvgIpc) is 2.81.